The Morgan fingerprint density at radius 2 is 2.12 bits per heavy atom. The maximum atomic E-state index is 5.46. The van der Waals surface area contributed by atoms with Crippen LogP contribution in [0.15, 0.2) is 17.5 Å². The van der Waals surface area contributed by atoms with Gasteiger partial charge in [0.1, 0.15) is 16.5 Å². The molecule has 0 radical (unpaired) electrons. The Morgan fingerprint density at radius 1 is 1.19 bits per heavy atom. The number of morpholine rings is 1. The maximum Gasteiger partial charge on any atom is 0.146 e. The van der Waals surface area contributed by atoms with E-state index < -0.39 is 0 Å². The fourth-order valence-corrected chi connectivity index (χ4v) is 5.71. The molecule has 0 aromatic carbocycles. The molecule has 1 aliphatic carbocycles. The predicted molar refractivity (Wildman–Crippen MR) is 107 cm³/mol. The largest absolute Gasteiger partial charge is 0.379 e. The lowest BCUT2D eigenvalue weighted by Gasteiger charge is -2.25. The molecule has 3 aromatic rings. The van der Waals surface area contributed by atoms with Crippen molar-refractivity contribution < 1.29 is 4.74 Å². The molecule has 0 atom stereocenters. The van der Waals surface area contributed by atoms with Gasteiger partial charge in [0.05, 0.1) is 31.7 Å². The van der Waals surface area contributed by atoms with E-state index >= 15 is 0 Å². The molecule has 1 saturated heterocycles. The van der Waals surface area contributed by atoms with Crippen LogP contribution in [0.5, 0.6) is 0 Å². The first-order valence-corrected chi connectivity index (χ1v) is 10.9. The van der Waals surface area contributed by atoms with Gasteiger partial charge in [-0.3, -0.25) is 4.90 Å². The van der Waals surface area contributed by atoms with Crippen LogP contribution >= 0.6 is 22.7 Å². The third-order valence-corrected chi connectivity index (χ3v) is 7.15. The van der Waals surface area contributed by atoms with Crippen LogP contribution in [-0.4, -0.2) is 41.2 Å². The van der Waals surface area contributed by atoms with Crippen LogP contribution in [0.1, 0.15) is 27.6 Å². The summed E-state index contributed by atoms with van der Waals surface area (Å²) in [6.45, 7) is 5.15. The van der Waals surface area contributed by atoms with Crippen molar-refractivity contribution in [3.05, 3.63) is 38.7 Å². The van der Waals surface area contributed by atoms with E-state index in [1.807, 2.05) is 11.3 Å². The van der Waals surface area contributed by atoms with E-state index in [4.69, 9.17) is 14.7 Å². The average molecular weight is 387 g/mol. The van der Waals surface area contributed by atoms with Gasteiger partial charge in [0.15, 0.2) is 0 Å². The van der Waals surface area contributed by atoms with Crippen molar-refractivity contribution in [1.82, 2.24) is 14.9 Å². The van der Waals surface area contributed by atoms with Crippen molar-refractivity contribution in [3.8, 4) is 0 Å². The maximum absolute atomic E-state index is 5.46. The van der Waals surface area contributed by atoms with Gasteiger partial charge < -0.3 is 10.1 Å². The van der Waals surface area contributed by atoms with Gasteiger partial charge in [-0.05, 0) is 36.3 Å². The molecule has 0 bridgehead atoms. The van der Waals surface area contributed by atoms with E-state index in [0.29, 0.717) is 0 Å². The summed E-state index contributed by atoms with van der Waals surface area (Å²) in [6, 6.07) is 4.27. The summed E-state index contributed by atoms with van der Waals surface area (Å²) in [4.78, 5) is 16.3. The van der Waals surface area contributed by atoms with Crippen LogP contribution < -0.4 is 5.32 Å². The monoisotopic (exact) mass is 386 g/mol. The van der Waals surface area contributed by atoms with Crippen LogP contribution in [0.2, 0.25) is 0 Å². The molecule has 2 aliphatic rings. The quantitative estimate of drug-likeness (QED) is 0.725. The van der Waals surface area contributed by atoms with Crippen LogP contribution in [-0.2, 0) is 30.7 Å². The van der Waals surface area contributed by atoms with Crippen molar-refractivity contribution in [2.75, 3.05) is 31.6 Å². The van der Waals surface area contributed by atoms with E-state index in [2.05, 4.69) is 27.7 Å². The molecule has 7 heteroatoms. The number of thiophene rings is 2. The predicted octanol–water partition coefficient (Wildman–Crippen LogP) is 3.69. The number of nitrogens with zero attached hydrogens (tertiary/aromatic N) is 3. The number of aryl methyl sites for hydroxylation is 2. The fourth-order valence-electron chi connectivity index (χ4n) is 3.78. The smallest absolute Gasteiger partial charge is 0.146 e. The zero-order valence-corrected chi connectivity index (χ0v) is 16.3. The number of ether oxygens (including phenoxy) is 1. The third kappa shape index (κ3) is 3.24. The molecule has 5 rings (SSSR count). The first-order valence-electron chi connectivity index (χ1n) is 9.24. The van der Waals surface area contributed by atoms with Gasteiger partial charge >= 0.3 is 0 Å². The van der Waals surface area contributed by atoms with Crippen LogP contribution in [0.25, 0.3) is 10.2 Å². The van der Waals surface area contributed by atoms with Gasteiger partial charge in [-0.2, -0.15) is 0 Å². The highest BCUT2D eigenvalue weighted by Gasteiger charge is 2.23. The highest BCUT2D eigenvalue weighted by Crippen LogP contribution is 2.39. The summed E-state index contributed by atoms with van der Waals surface area (Å²) in [5, 5.41) is 7.00. The summed E-state index contributed by atoms with van der Waals surface area (Å²) in [5.41, 5.74) is 1.48. The Labute approximate surface area is 161 Å². The van der Waals surface area contributed by atoms with E-state index in [0.717, 1.165) is 62.3 Å². The summed E-state index contributed by atoms with van der Waals surface area (Å²) >= 11 is 3.65. The summed E-state index contributed by atoms with van der Waals surface area (Å²) in [6.07, 6.45) is 3.62. The lowest BCUT2D eigenvalue weighted by atomic mass is 10.2. The highest BCUT2D eigenvalue weighted by atomic mass is 32.1. The first kappa shape index (κ1) is 16.6. The van der Waals surface area contributed by atoms with Gasteiger partial charge in [-0.1, -0.05) is 6.07 Å². The summed E-state index contributed by atoms with van der Waals surface area (Å²) in [5.74, 6) is 1.94. The number of aromatic nitrogens is 2. The standard InChI is InChI=1S/C19H22N4OS2/c1-4-14-15(5-1)26-19-17(14)18(20-11-13-3-2-10-25-13)21-16(22-19)12-23-6-8-24-9-7-23/h2-3,10H,1,4-9,11-12H2,(H,20,21,22). The molecule has 3 aromatic heterocycles. The number of anilines is 1. The number of fused-ring (bicyclic) bond motifs is 3. The van der Waals surface area contributed by atoms with Gasteiger partial charge in [0.25, 0.3) is 0 Å². The van der Waals surface area contributed by atoms with Crippen LogP contribution in [0.3, 0.4) is 0 Å². The van der Waals surface area contributed by atoms with E-state index in [1.54, 1.807) is 11.3 Å². The third-order valence-electron chi connectivity index (χ3n) is 5.09. The lowest BCUT2D eigenvalue weighted by molar-refractivity contribution is 0.0331. The Balaban J connectivity index is 1.48. The number of rotatable bonds is 5. The first-order chi connectivity index (χ1) is 12.9. The Morgan fingerprint density at radius 3 is 2.96 bits per heavy atom. The van der Waals surface area contributed by atoms with Gasteiger partial charge in [0.2, 0.25) is 0 Å². The van der Waals surface area contributed by atoms with Crippen molar-refractivity contribution in [2.45, 2.75) is 32.4 Å². The van der Waals surface area contributed by atoms with Gasteiger partial charge in [-0.25, -0.2) is 9.97 Å². The highest BCUT2D eigenvalue weighted by molar-refractivity contribution is 7.19. The molecule has 1 fully saturated rings. The SMILES string of the molecule is c1csc(CNc2nc(CN3CCOCC3)nc3sc4c(c23)CCC4)c1. The minimum Gasteiger partial charge on any atom is -0.379 e. The van der Waals surface area contributed by atoms with Crippen molar-refractivity contribution >= 4 is 38.7 Å². The molecule has 26 heavy (non-hydrogen) atoms. The zero-order chi connectivity index (χ0) is 17.3. The minimum absolute atomic E-state index is 0.801. The summed E-state index contributed by atoms with van der Waals surface area (Å²) < 4.78 is 5.46. The molecule has 1 aliphatic heterocycles. The Bertz CT molecular complexity index is 900. The number of hydrogen-bond donors (Lipinski definition) is 1. The van der Waals surface area contributed by atoms with Crippen molar-refractivity contribution in [2.24, 2.45) is 0 Å². The van der Waals surface area contributed by atoms with Crippen LogP contribution in [0.4, 0.5) is 5.82 Å². The second-order valence-corrected chi connectivity index (χ2v) is 8.96. The number of hydrogen-bond acceptors (Lipinski definition) is 7. The molecule has 0 unspecified atom stereocenters. The Kier molecular flexibility index (Phi) is 4.62. The molecule has 0 saturated carbocycles. The van der Waals surface area contributed by atoms with Crippen molar-refractivity contribution in [3.63, 3.8) is 0 Å². The second kappa shape index (κ2) is 7.23. The fraction of sp³-hybridized carbons (Fsp3) is 0.474. The molecule has 0 amide bonds. The number of nitrogens with one attached hydrogen (secondary N) is 1. The van der Waals surface area contributed by atoms with Gasteiger partial charge in [0, 0.05) is 22.8 Å². The molecular weight excluding hydrogens is 364 g/mol. The van der Waals surface area contributed by atoms with Gasteiger partial charge in [-0.15, -0.1) is 22.7 Å². The molecule has 4 heterocycles. The Hall–Kier alpha value is -1.54. The molecule has 5 nitrogen and oxygen atoms in total. The normalized spacial score (nSPS) is 17.7. The zero-order valence-electron chi connectivity index (χ0n) is 14.7. The molecule has 0 spiro atoms. The lowest BCUT2D eigenvalue weighted by Crippen LogP contribution is -2.36. The average Bonchev–Trinajstić information content (AvgIpc) is 3.37. The topological polar surface area (TPSA) is 50.3 Å². The van der Waals surface area contributed by atoms with Crippen LogP contribution in [0, 0.1) is 0 Å². The van der Waals surface area contributed by atoms with Crippen molar-refractivity contribution in [1.29, 1.82) is 0 Å². The minimum atomic E-state index is 0.801. The molecule has 136 valence electrons. The molecule has 1 N–H and O–H groups in total. The second-order valence-electron chi connectivity index (χ2n) is 6.85. The summed E-state index contributed by atoms with van der Waals surface area (Å²) in [7, 11) is 0. The van der Waals surface area contributed by atoms with E-state index in [9.17, 15) is 0 Å². The van der Waals surface area contributed by atoms with E-state index in [1.165, 1.54) is 33.5 Å². The molecular formula is C19H22N4OS2. The van der Waals surface area contributed by atoms with E-state index in [-0.39, 0.29) is 0 Å².